The van der Waals surface area contributed by atoms with Gasteiger partial charge in [-0.15, -0.1) is 6.58 Å². The standard InChI is InChI=1S/C9H10ClN3O/c1-3-4-11-9-7(5-14)8(10)12-6(2)13-9/h3,5H,1,4H2,2H3,(H,11,12,13). The Bertz CT molecular complexity index is 365. The molecule has 1 aromatic heterocycles. The maximum atomic E-state index is 10.7. The summed E-state index contributed by atoms with van der Waals surface area (Å²) >= 11 is 5.77. The highest BCUT2D eigenvalue weighted by atomic mass is 35.5. The van der Waals surface area contributed by atoms with E-state index in [-0.39, 0.29) is 10.7 Å². The van der Waals surface area contributed by atoms with Crippen LogP contribution in [0.5, 0.6) is 0 Å². The Labute approximate surface area is 87.0 Å². The van der Waals surface area contributed by atoms with E-state index in [4.69, 9.17) is 11.6 Å². The zero-order valence-electron chi connectivity index (χ0n) is 7.75. The second kappa shape index (κ2) is 4.72. The molecule has 0 spiro atoms. The van der Waals surface area contributed by atoms with E-state index >= 15 is 0 Å². The fourth-order valence-electron chi connectivity index (χ4n) is 0.955. The van der Waals surface area contributed by atoms with Crippen molar-refractivity contribution in [3.63, 3.8) is 0 Å². The van der Waals surface area contributed by atoms with Crippen molar-refractivity contribution < 1.29 is 4.79 Å². The molecule has 0 amide bonds. The molecule has 1 rings (SSSR count). The van der Waals surface area contributed by atoms with Crippen molar-refractivity contribution in [2.75, 3.05) is 11.9 Å². The van der Waals surface area contributed by atoms with Crippen LogP contribution in [0.1, 0.15) is 16.2 Å². The molecule has 0 fully saturated rings. The van der Waals surface area contributed by atoms with Crippen LogP contribution in [0.3, 0.4) is 0 Å². The quantitative estimate of drug-likeness (QED) is 0.469. The first-order valence-electron chi connectivity index (χ1n) is 4.03. The largest absolute Gasteiger partial charge is 0.366 e. The summed E-state index contributed by atoms with van der Waals surface area (Å²) in [6.07, 6.45) is 2.30. The lowest BCUT2D eigenvalue weighted by molar-refractivity contribution is 0.112. The summed E-state index contributed by atoms with van der Waals surface area (Å²) in [7, 11) is 0. The van der Waals surface area contributed by atoms with Crippen molar-refractivity contribution in [2.24, 2.45) is 0 Å². The highest BCUT2D eigenvalue weighted by Gasteiger charge is 2.09. The topological polar surface area (TPSA) is 54.9 Å². The Morgan fingerprint density at radius 3 is 2.86 bits per heavy atom. The summed E-state index contributed by atoms with van der Waals surface area (Å²) in [6.45, 7) is 5.78. The number of hydrogen-bond acceptors (Lipinski definition) is 4. The maximum absolute atomic E-state index is 10.7. The SMILES string of the molecule is C=CCNc1nc(C)nc(Cl)c1C=O. The average molecular weight is 212 g/mol. The van der Waals surface area contributed by atoms with Crippen LogP contribution in [0.4, 0.5) is 5.82 Å². The Morgan fingerprint density at radius 2 is 2.29 bits per heavy atom. The Kier molecular flexibility index (Phi) is 3.59. The van der Waals surface area contributed by atoms with Crippen LogP contribution in [-0.2, 0) is 0 Å². The molecule has 0 aromatic carbocycles. The molecule has 0 saturated carbocycles. The highest BCUT2D eigenvalue weighted by molar-refractivity contribution is 6.32. The van der Waals surface area contributed by atoms with Gasteiger partial charge in [0.2, 0.25) is 0 Å². The molecule has 0 radical (unpaired) electrons. The van der Waals surface area contributed by atoms with Crippen molar-refractivity contribution in [2.45, 2.75) is 6.92 Å². The van der Waals surface area contributed by atoms with Gasteiger partial charge in [0.1, 0.15) is 16.8 Å². The molecule has 0 atom stereocenters. The molecule has 0 aliphatic rings. The predicted octanol–water partition coefficient (Wildman–Crippen LogP) is 1.85. The van der Waals surface area contributed by atoms with Crippen LogP contribution in [0.15, 0.2) is 12.7 Å². The van der Waals surface area contributed by atoms with Crippen molar-refractivity contribution in [1.29, 1.82) is 0 Å². The molecule has 1 heterocycles. The second-order valence-corrected chi connectivity index (χ2v) is 2.97. The normalized spacial score (nSPS) is 9.57. The van der Waals surface area contributed by atoms with Crippen molar-refractivity contribution in [3.8, 4) is 0 Å². The Balaban J connectivity index is 3.10. The van der Waals surface area contributed by atoms with Crippen LogP contribution in [0.25, 0.3) is 0 Å². The number of carbonyl (C=O) groups excluding carboxylic acids is 1. The first-order chi connectivity index (χ1) is 6.69. The molecular weight excluding hydrogens is 202 g/mol. The fraction of sp³-hybridized carbons (Fsp3) is 0.222. The van der Waals surface area contributed by atoms with Crippen molar-refractivity contribution in [3.05, 3.63) is 29.2 Å². The Morgan fingerprint density at radius 1 is 1.57 bits per heavy atom. The van der Waals surface area contributed by atoms with Gasteiger partial charge in [-0.3, -0.25) is 4.79 Å². The summed E-state index contributed by atoms with van der Waals surface area (Å²) in [6, 6.07) is 0. The molecule has 0 aliphatic heterocycles. The minimum absolute atomic E-state index is 0.166. The molecular formula is C9H10ClN3O. The fourth-order valence-corrected chi connectivity index (χ4v) is 1.21. The van der Waals surface area contributed by atoms with Crippen LogP contribution in [0.2, 0.25) is 5.15 Å². The van der Waals surface area contributed by atoms with E-state index in [2.05, 4.69) is 21.9 Å². The molecule has 4 nitrogen and oxygen atoms in total. The van der Waals surface area contributed by atoms with E-state index in [1.807, 2.05) is 0 Å². The zero-order chi connectivity index (χ0) is 10.6. The molecule has 74 valence electrons. The molecule has 0 saturated heterocycles. The van der Waals surface area contributed by atoms with E-state index in [1.165, 1.54) is 0 Å². The zero-order valence-corrected chi connectivity index (χ0v) is 8.51. The van der Waals surface area contributed by atoms with Gasteiger partial charge in [0.05, 0.1) is 5.56 Å². The number of rotatable bonds is 4. The second-order valence-electron chi connectivity index (χ2n) is 2.61. The molecule has 0 unspecified atom stereocenters. The van der Waals surface area contributed by atoms with Crippen LogP contribution < -0.4 is 5.32 Å². The maximum Gasteiger partial charge on any atom is 0.156 e. The van der Waals surface area contributed by atoms with Gasteiger partial charge in [-0.25, -0.2) is 9.97 Å². The number of carbonyl (C=O) groups is 1. The number of aryl methyl sites for hydroxylation is 1. The van der Waals surface area contributed by atoms with Gasteiger partial charge in [-0.05, 0) is 6.92 Å². The average Bonchev–Trinajstić information content (AvgIpc) is 2.14. The smallest absolute Gasteiger partial charge is 0.156 e. The van der Waals surface area contributed by atoms with Crippen molar-refractivity contribution >= 4 is 23.7 Å². The number of aldehydes is 1. The number of hydrogen-bond donors (Lipinski definition) is 1. The minimum atomic E-state index is 0.166. The Hall–Kier alpha value is -1.42. The van der Waals surface area contributed by atoms with E-state index in [1.54, 1.807) is 13.0 Å². The lowest BCUT2D eigenvalue weighted by atomic mass is 10.3. The van der Waals surface area contributed by atoms with E-state index in [0.29, 0.717) is 24.5 Å². The molecule has 14 heavy (non-hydrogen) atoms. The van der Waals surface area contributed by atoms with E-state index < -0.39 is 0 Å². The third-order valence-electron chi connectivity index (χ3n) is 1.54. The first kappa shape index (κ1) is 10.7. The van der Waals surface area contributed by atoms with Crippen LogP contribution in [0, 0.1) is 6.92 Å². The molecule has 1 N–H and O–H groups in total. The van der Waals surface area contributed by atoms with E-state index in [0.717, 1.165) is 0 Å². The van der Waals surface area contributed by atoms with Gasteiger partial charge in [0, 0.05) is 6.54 Å². The third-order valence-corrected chi connectivity index (χ3v) is 1.83. The van der Waals surface area contributed by atoms with Gasteiger partial charge in [0.15, 0.2) is 6.29 Å². The van der Waals surface area contributed by atoms with Crippen LogP contribution in [-0.4, -0.2) is 22.8 Å². The molecule has 0 bridgehead atoms. The highest BCUT2D eigenvalue weighted by Crippen LogP contribution is 2.18. The number of nitrogens with zero attached hydrogens (tertiary/aromatic N) is 2. The summed E-state index contributed by atoms with van der Waals surface area (Å²) in [5.74, 6) is 0.963. The van der Waals surface area contributed by atoms with Gasteiger partial charge in [-0.2, -0.15) is 0 Å². The molecule has 1 aromatic rings. The minimum Gasteiger partial charge on any atom is -0.366 e. The van der Waals surface area contributed by atoms with Gasteiger partial charge >= 0.3 is 0 Å². The summed E-state index contributed by atoms with van der Waals surface area (Å²) in [4.78, 5) is 18.6. The summed E-state index contributed by atoms with van der Waals surface area (Å²) in [5, 5.41) is 3.08. The monoisotopic (exact) mass is 211 g/mol. The number of halogens is 1. The first-order valence-corrected chi connectivity index (χ1v) is 4.41. The lowest BCUT2D eigenvalue weighted by Crippen LogP contribution is -2.06. The third kappa shape index (κ3) is 2.29. The number of anilines is 1. The lowest BCUT2D eigenvalue weighted by Gasteiger charge is -2.06. The van der Waals surface area contributed by atoms with Gasteiger partial charge < -0.3 is 5.32 Å². The van der Waals surface area contributed by atoms with E-state index in [9.17, 15) is 4.79 Å². The molecule has 5 heteroatoms. The molecule has 0 aliphatic carbocycles. The van der Waals surface area contributed by atoms with Crippen molar-refractivity contribution in [1.82, 2.24) is 9.97 Å². The van der Waals surface area contributed by atoms with Gasteiger partial charge in [-0.1, -0.05) is 17.7 Å². The summed E-state index contributed by atoms with van der Waals surface area (Å²) < 4.78 is 0. The number of aromatic nitrogens is 2. The van der Waals surface area contributed by atoms with Crippen LogP contribution >= 0.6 is 11.6 Å². The van der Waals surface area contributed by atoms with Gasteiger partial charge in [0.25, 0.3) is 0 Å². The number of nitrogens with one attached hydrogen (secondary N) is 1. The predicted molar refractivity (Wildman–Crippen MR) is 55.9 cm³/mol. The summed E-state index contributed by atoms with van der Waals surface area (Å²) in [5.41, 5.74) is 0.277.